The highest BCUT2D eigenvalue weighted by Crippen LogP contribution is 2.35. The largest absolute Gasteiger partial charge is 0.507 e. The molecule has 0 aliphatic carbocycles. The van der Waals surface area contributed by atoms with Gasteiger partial charge in [0.15, 0.2) is 0 Å². The van der Waals surface area contributed by atoms with E-state index in [9.17, 15) is 14.3 Å². The number of carbonyl (C=O) groups excluding carboxylic acids is 1. The van der Waals surface area contributed by atoms with Crippen molar-refractivity contribution in [2.45, 2.75) is 38.0 Å². The minimum atomic E-state index is -0.374. The van der Waals surface area contributed by atoms with Gasteiger partial charge in [-0.15, -0.1) is 0 Å². The molecule has 5 heteroatoms. The van der Waals surface area contributed by atoms with Gasteiger partial charge in [0, 0.05) is 25.2 Å². The summed E-state index contributed by atoms with van der Waals surface area (Å²) < 4.78 is 19.3. The van der Waals surface area contributed by atoms with Crippen molar-refractivity contribution >= 4 is 5.91 Å². The highest BCUT2D eigenvalue weighted by Gasteiger charge is 2.35. The second-order valence-electron chi connectivity index (χ2n) is 7.52. The third-order valence-corrected chi connectivity index (χ3v) is 5.41. The number of amides is 1. The Balaban J connectivity index is 1.82. The van der Waals surface area contributed by atoms with Gasteiger partial charge >= 0.3 is 0 Å². The van der Waals surface area contributed by atoms with Gasteiger partial charge in [0.05, 0.1) is 5.56 Å². The first-order valence-electron chi connectivity index (χ1n) is 9.36. The van der Waals surface area contributed by atoms with E-state index in [-0.39, 0.29) is 34.4 Å². The molecule has 1 aliphatic rings. The molecule has 0 unspecified atom stereocenters. The molecule has 0 bridgehead atoms. The minimum Gasteiger partial charge on any atom is -0.507 e. The Hall–Kier alpha value is -2.40. The Bertz CT molecular complexity index is 813. The van der Waals surface area contributed by atoms with Gasteiger partial charge in [-0.2, -0.15) is 0 Å². The second-order valence-corrected chi connectivity index (χ2v) is 7.52. The average molecular weight is 371 g/mol. The van der Waals surface area contributed by atoms with Crippen molar-refractivity contribution in [1.82, 2.24) is 5.32 Å². The molecule has 144 valence electrons. The maximum absolute atomic E-state index is 13.8. The van der Waals surface area contributed by atoms with Crippen LogP contribution >= 0.6 is 0 Å². The Morgan fingerprint density at radius 3 is 2.63 bits per heavy atom. The molecule has 1 fully saturated rings. The van der Waals surface area contributed by atoms with Crippen molar-refractivity contribution in [3.8, 4) is 5.75 Å². The van der Waals surface area contributed by atoms with E-state index in [1.807, 2.05) is 26.0 Å². The van der Waals surface area contributed by atoms with Crippen molar-refractivity contribution in [2.75, 3.05) is 19.8 Å². The predicted octanol–water partition coefficient (Wildman–Crippen LogP) is 4.13. The topological polar surface area (TPSA) is 58.6 Å². The van der Waals surface area contributed by atoms with E-state index in [0.29, 0.717) is 32.6 Å². The van der Waals surface area contributed by atoms with Crippen molar-refractivity contribution in [2.24, 2.45) is 0 Å². The van der Waals surface area contributed by atoms with Gasteiger partial charge in [-0.25, -0.2) is 4.39 Å². The third-order valence-electron chi connectivity index (χ3n) is 5.41. The Morgan fingerprint density at radius 2 is 1.96 bits per heavy atom. The predicted molar refractivity (Wildman–Crippen MR) is 103 cm³/mol. The van der Waals surface area contributed by atoms with Gasteiger partial charge in [-0.05, 0) is 54.2 Å². The van der Waals surface area contributed by atoms with E-state index < -0.39 is 0 Å². The number of hydrogen-bond donors (Lipinski definition) is 2. The van der Waals surface area contributed by atoms with Crippen LogP contribution in [0, 0.1) is 5.82 Å². The van der Waals surface area contributed by atoms with E-state index >= 15 is 0 Å². The van der Waals surface area contributed by atoms with Crippen molar-refractivity contribution in [1.29, 1.82) is 0 Å². The minimum absolute atomic E-state index is 0.0383. The lowest BCUT2D eigenvalue weighted by Gasteiger charge is -2.38. The van der Waals surface area contributed by atoms with Crippen LogP contribution in [0.3, 0.4) is 0 Å². The Kier molecular flexibility index (Phi) is 5.80. The Morgan fingerprint density at radius 1 is 1.22 bits per heavy atom. The molecule has 1 amide bonds. The van der Waals surface area contributed by atoms with Crippen molar-refractivity contribution in [3.05, 3.63) is 65.0 Å². The van der Waals surface area contributed by atoms with Gasteiger partial charge in [0.25, 0.3) is 5.91 Å². The number of aromatic hydroxyl groups is 1. The van der Waals surface area contributed by atoms with Crippen LogP contribution in [0.1, 0.15) is 54.1 Å². The number of phenols is 1. The molecule has 0 spiro atoms. The summed E-state index contributed by atoms with van der Waals surface area (Å²) >= 11 is 0. The quantitative estimate of drug-likeness (QED) is 0.831. The highest BCUT2D eigenvalue weighted by atomic mass is 19.1. The molecule has 1 saturated heterocycles. The van der Waals surface area contributed by atoms with Gasteiger partial charge in [0.1, 0.15) is 11.6 Å². The normalized spacial score (nSPS) is 16.3. The molecule has 2 aromatic carbocycles. The summed E-state index contributed by atoms with van der Waals surface area (Å²) in [5.74, 6) is -0.390. The first-order valence-corrected chi connectivity index (χ1v) is 9.36. The number of carbonyl (C=O) groups is 1. The van der Waals surface area contributed by atoms with Crippen molar-refractivity contribution < 1.29 is 19.0 Å². The van der Waals surface area contributed by atoms with Gasteiger partial charge < -0.3 is 15.2 Å². The van der Waals surface area contributed by atoms with Crippen LogP contribution in [-0.2, 0) is 10.2 Å². The SMILES string of the molecule is CC(C)c1ccc(O)c(C(=O)NCC2(c3cccc(F)c3)CCOCC2)c1. The monoisotopic (exact) mass is 371 g/mol. The Labute approximate surface area is 159 Å². The lowest BCUT2D eigenvalue weighted by atomic mass is 9.74. The van der Waals surface area contributed by atoms with E-state index in [4.69, 9.17) is 4.74 Å². The molecule has 3 rings (SSSR count). The molecule has 2 N–H and O–H groups in total. The molecular formula is C22H26FNO3. The highest BCUT2D eigenvalue weighted by molar-refractivity contribution is 5.97. The van der Waals surface area contributed by atoms with Gasteiger partial charge in [-0.1, -0.05) is 32.0 Å². The maximum atomic E-state index is 13.8. The molecule has 27 heavy (non-hydrogen) atoms. The summed E-state index contributed by atoms with van der Waals surface area (Å²) in [4.78, 5) is 12.7. The van der Waals surface area contributed by atoms with Gasteiger partial charge in [0.2, 0.25) is 0 Å². The van der Waals surface area contributed by atoms with Crippen molar-refractivity contribution in [3.63, 3.8) is 0 Å². The number of rotatable bonds is 5. The number of benzene rings is 2. The van der Waals surface area contributed by atoms with Crippen LogP contribution in [0.2, 0.25) is 0 Å². The van der Waals surface area contributed by atoms with E-state index in [0.717, 1.165) is 11.1 Å². The average Bonchev–Trinajstić information content (AvgIpc) is 2.67. The van der Waals surface area contributed by atoms with Crippen LogP contribution in [0.4, 0.5) is 4.39 Å². The standard InChI is InChI=1S/C22H26FNO3/c1-15(2)16-6-7-20(25)19(12-16)21(26)24-14-22(8-10-27-11-9-22)17-4-3-5-18(23)13-17/h3-7,12-13,15,25H,8-11,14H2,1-2H3,(H,24,26). The smallest absolute Gasteiger partial charge is 0.255 e. The zero-order chi connectivity index (χ0) is 19.4. The summed E-state index contributed by atoms with van der Waals surface area (Å²) in [6, 6.07) is 11.7. The summed E-state index contributed by atoms with van der Waals surface area (Å²) in [6.45, 7) is 5.58. The third kappa shape index (κ3) is 4.30. The van der Waals surface area contributed by atoms with Crippen LogP contribution in [0.5, 0.6) is 5.75 Å². The zero-order valence-corrected chi connectivity index (χ0v) is 15.8. The van der Waals surface area contributed by atoms with Crippen LogP contribution < -0.4 is 5.32 Å². The number of phenolic OH excluding ortho intramolecular Hbond substituents is 1. The summed E-state index contributed by atoms with van der Waals surface area (Å²) in [5.41, 5.74) is 1.75. The number of hydrogen-bond acceptors (Lipinski definition) is 3. The fourth-order valence-corrected chi connectivity index (χ4v) is 3.59. The molecule has 2 aromatic rings. The van der Waals surface area contributed by atoms with E-state index in [1.165, 1.54) is 12.1 Å². The lowest BCUT2D eigenvalue weighted by Crippen LogP contribution is -2.44. The second kappa shape index (κ2) is 8.09. The molecule has 4 nitrogen and oxygen atoms in total. The molecule has 0 saturated carbocycles. The van der Waals surface area contributed by atoms with E-state index in [1.54, 1.807) is 18.2 Å². The lowest BCUT2D eigenvalue weighted by molar-refractivity contribution is 0.0486. The fourth-order valence-electron chi connectivity index (χ4n) is 3.59. The molecule has 0 aromatic heterocycles. The van der Waals surface area contributed by atoms with Crippen LogP contribution in [-0.4, -0.2) is 30.8 Å². The molecule has 1 aliphatic heterocycles. The zero-order valence-electron chi connectivity index (χ0n) is 15.8. The molecule has 0 atom stereocenters. The molecule has 1 heterocycles. The first-order chi connectivity index (χ1) is 12.9. The molecular weight excluding hydrogens is 345 g/mol. The van der Waals surface area contributed by atoms with Crippen LogP contribution in [0.15, 0.2) is 42.5 Å². The van der Waals surface area contributed by atoms with E-state index in [2.05, 4.69) is 5.32 Å². The van der Waals surface area contributed by atoms with Crippen LogP contribution in [0.25, 0.3) is 0 Å². The summed E-state index contributed by atoms with van der Waals surface area (Å²) in [5, 5.41) is 13.1. The number of nitrogens with one attached hydrogen (secondary N) is 1. The molecule has 0 radical (unpaired) electrons. The fraction of sp³-hybridized carbons (Fsp3) is 0.409. The summed E-state index contributed by atoms with van der Waals surface area (Å²) in [7, 11) is 0. The first kappa shape index (κ1) is 19.4. The maximum Gasteiger partial charge on any atom is 0.255 e. The number of ether oxygens (including phenoxy) is 1. The van der Waals surface area contributed by atoms with Gasteiger partial charge in [-0.3, -0.25) is 4.79 Å². The number of halogens is 1. The summed E-state index contributed by atoms with van der Waals surface area (Å²) in [6.07, 6.45) is 1.41.